The summed E-state index contributed by atoms with van der Waals surface area (Å²) in [6.07, 6.45) is 5.69. The number of imidazole rings is 1. The fourth-order valence-corrected chi connectivity index (χ4v) is 3.57. The van der Waals surface area contributed by atoms with Crippen molar-refractivity contribution in [1.29, 1.82) is 0 Å². The lowest BCUT2D eigenvalue weighted by Crippen LogP contribution is -2.43. The number of fused-ring (bicyclic) bond motifs is 2. The van der Waals surface area contributed by atoms with Crippen molar-refractivity contribution in [2.75, 3.05) is 13.1 Å². The molecular weight excluding hydrogens is 264 g/mol. The topological polar surface area (TPSA) is 58.4 Å². The van der Waals surface area contributed by atoms with Gasteiger partial charge in [-0.05, 0) is 56.5 Å². The van der Waals surface area contributed by atoms with E-state index in [4.69, 9.17) is 0 Å². The Balaban J connectivity index is 1.53. The normalized spacial score (nSPS) is 27.6. The molecule has 1 aliphatic heterocycles. The molecule has 4 rings (SSSR count). The lowest BCUT2D eigenvalue weighted by molar-refractivity contribution is -0.124. The number of carbonyl (C=O) groups is 1. The van der Waals surface area contributed by atoms with Gasteiger partial charge in [-0.15, -0.1) is 0 Å². The van der Waals surface area contributed by atoms with Gasteiger partial charge in [0, 0.05) is 24.5 Å². The molecule has 0 radical (unpaired) electrons. The van der Waals surface area contributed by atoms with Gasteiger partial charge in [0.05, 0.1) is 5.54 Å². The Kier molecular flexibility index (Phi) is 2.63. The first kappa shape index (κ1) is 12.8. The van der Waals surface area contributed by atoms with Gasteiger partial charge in [-0.1, -0.05) is 0 Å². The van der Waals surface area contributed by atoms with E-state index in [0.29, 0.717) is 11.8 Å². The summed E-state index contributed by atoms with van der Waals surface area (Å²) < 4.78 is 1.97. The monoisotopic (exact) mass is 284 g/mol. The van der Waals surface area contributed by atoms with Crippen molar-refractivity contribution in [2.24, 2.45) is 17.8 Å². The molecule has 0 aromatic carbocycles. The van der Waals surface area contributed by atoms with Crippen LogP contribution in [0.25, 0.3) is 5.65 Å². The molecule has 110 valence electrons. The summed E-state index contributed by atoms with van der Waals surface area (Å²) >= 11 is 0. The Morgan fingerprint density at radius 3 is 2.90 bits per heavy atom. The van der Waals surface area contributed by atoms with Crippen molar-refractivity contribution < 1.29 is 4.79 Å². The van der Waals surface area contributed by atoms with Crippen LogP contribution in [-0.2, 0) is 10.3 Å². The highest BCUT2D eigenvalue weighted by atomic mass is 16.2. The van der Waals surface area contributed by atoms with E-state index >= 15 is 0 Å². The number of hydrogen-bond acceptors (Lipinski definition) is 3. The van der Waals surface area contributed by atoms with Gasteiger partial charge in [0.1, 0.15) is 5.65 Å². The number of carbonyl (C=O) groups excluding carboxylic acids is 1. The van der Waals surface area contributed by atoms with Crippen molar-refractivity contribution in [1.82, 2.24) is 20.0 Å². The van der Waals surface area contributed by atoms with E-state index in [1.807, 2.05) is 28.9 Å². The number of nitrogens with zero attached hydrogens (tertiary/aromatic N) is 2. The fourth-order valence-electron chi connectivity index (χ4n) is 3.57. The molecule has 2 N–H and O–H groups in total. The van der Waals surface area contributed by atoms with Crippen molar-refractivity contribution in [3.8, 4) is 0 Å². The molecule has 3 heterocycles. The minimum absolute atomic E-state index is 0.194. The van der Waals surface area contributed by atoms with Gasteiger partial charge in [-0.3, -0.25) is 4.79 Å². The molecule has 1 amide bonds. The number of hydrogen-bond donors (Lipinski definition) is 2. The third-order valence-electron chi connectivity index (χ3n) is 4.95. The maximum absolute atomic E-state index is 12.5. The highest BCUT2D eigenvalue weighted by molar-refractivity contribution is 5.83. The molecule has 2 aromatic heterocycles. The predicted molar refractivity (Wildman–Crippen MR) is 79.7 cm³/mol. The van der Waals surface area contributed by atoms with E-state index < -0.39 is 0 Å². The van der Waals surface area contributed by atoms with E-state index in [-0.39, 0.29) is 17.4 Å². The Hall–Kier alpha value is -1.88. The molecule has 5 heteroatoms. The maximum Gasteiger partial charge on any atom is 0.224 e. The smallest absolute Gasteiger partial charge is 0.224 e. The van der Waals surface area contributed by atoms with Gasteiger partial charge < -0.3 is 15.0 Å². The first-order valence-corrected chi connectivity index (χ1v) is 7.52. The van der Waals surface area contributed by atoms with Crippen LogP contribution >= 0.6 is 0 Å². The van der Waals surface area contributed by atoms with Crippen LogP contribution in [0.3, 0.4) is 0 Å². The number of aromatic nitrogens is 2. The zero-order valence-corrected chi connectivity index (χ0v) is 12.3. The molecule has 3 atom stereocenters. The van der Waals surface area contributed by atoms with Crippen molar-refractivity contribution in [3.63, 3.8) is 0 Å². The SMILES string of the molecule is CC(C)(NC(=O)[C@H]1C2CNC[C@@H]21)c1ccn2ccnc2c1. The molecule has 0 spiro atoms. The largest absolute Gasteiger partial charge is 0.347 e. The average molecular weight is 284 g/mol. The summed E-state index contributed by atoms with van der Waals surface area (Å²) in [4.78, 5) is 16.8. The number of nitrogens with one attached hydrogen (secondary N) is 2. The van der Waals surface area contributed by atoms with E-state index in [2.05, 4.69) is 29.5 Å². The molecule has 0 bridgehead atoms. The molecule has 2 fully saturated rings. The minimum atomic E-state index is -0.380. The fraction of sp³-hybridized carbons (Fsp3) is 0.500. The Bertz CT molecular complexity index is 695. The summed E-state index contributed by atoms with van der Waals surface area (Å²) in [5, 5.41) is 6.54. The molecule has 5 nitrogen and oxygen atoms in total. The lowest BCUT2D eigenvalue weighted by Gasteiger charge is -2.27. The van der Waals surface area contributed by atoms with Crippen LogP contribution in [0.15, 0.2) is 30.7 Å². The third-order valence-corrected chi connectivity index (χ3v) is 4.95. The zero-order valence-electron chi connectivity index (χ0n) is 12.3. The van der Waals surface area contributed by atoms with Gasteiger partial charge in [-0.25, -0.2) is 4.98 Å². The van der Waals surface area contributed by atoms with Crippen LogP contribution in [0.4, 0.5) is 0 Å². The molecule has 2 aliphatic rings. The molecule has 1 aliphatic carbocycles. The van der Waals surface area contributed by atoms with Gasteiger partial charge >= 0.3 is 0 Å². The Morgan fingerprint density at radius 2 is 2.14 bits per heavy atom. The van der Waals surface area contributed by atoms with Crippen LogP contribution in [0, 0.1) is 17.8 Å². The molecular formula is C16H20N4O. The number of pyridine rings is 1. The van der Waals surface area contributed by atoms with E-state index in [1.165, 1.54) is 0 Å². The van der Waals surface area contributed by atoms with Crippen molar-refractivity contribution in [2.45, 2.75) is 19.4 Å². The lowest BCUT2D eigenvalue weighted by atomic mass is 9.94. The second-order valence-corrected chi connectivity index (χ2v) is 6.73. The maximum atomic E-state index is 12.5. The molecule has 1 saturated heterocycles. The summed E-state index contributed by atoms with van der Waals surface area (Å²) in [5.74, 6) is 1.51. The molecule has 1 unspecified atom stereocenters. The Labute approximate surface area is 123 Å². The summed E-state index contributed by atoms with van der Waals surface area (Å²) in [5.41, 5.74) is 1.61. The summed E-state index contributed by atoms with van der Waals surface area (Å²) in [6, 6.07) is 4.08. The quantitative estimate of drug-likeness (QED) is 0.889. The van der Waals surface area contributed by atoms with Gasteiger partial charge in [0.2, 0.25) is 5.91 Å². The van der Waals surface area contributed by atoms with E-state index in [9.17, 15) is 4.79 Å². The highest BCUT2D eigenvalue weighted by Crippen LogP contribution is 2.49. The standard InChI is InChI=1S/C16H20N4O/c1-16(2,10-3-5-20-6-4-18-13(20)7-10)19-15(21)14-11-8-17-9-12(11)14/h3-7,11-12,14,17H,8-9H2,1-2H3,(H,19,21)/t11-,12?,14+/m0/s1. The van der Waals surface area contributed by atoms with E-state index in [0.717, 1.165) is 24.3 Å². The third kappa shape index (κ3) is 2.03. The van der Waals surface area contributed by atoms with Gasteiger partial charge in [0.25, 0.3) is 0 Å². The molecule has 21 heavy (non-hydrogen) atoms. The first-order valence-electron chi connectivity index (χ1n) is 7.52. The number of rotatable bonds is 3. The zero-order chi connectivity index (χ0) is 14.6. The van der Waals surface area contributed by atoms with Crippen LogP contribution in [0.5, 0.6) is 0 Å². The second-order valence-electron chi connectivity index (χ2n) is 6.73. The van der Waals surface area contributed by atoms with E-state index in [1.54, 1.807) is 6.20 Å². The van der Waals surface area contributed by atoms with Crippen LogP contribution in [0.1, 0.15) is 19.4 Å². The first-order chi connectivity index (χ1) is 10.1. The Morgan fingerprint density at radius 1 is 1.38 bits per heavy atom. The second kappa shape index (κ2) is 4.31. The highest BCUT2D eigenvalue weighted by Gasteiger charge is 2.57. The van der Waals surface area contributed by atoms with Gasteiger partial charge in [-0.2, -0.15) is 0 Å². The number of amides is 1. The summed E-state index contributed by atoms with van der Waals surface area (Å²) in [6.45, 7) is 6.08. The van der Waals surface area contributed by atoms with Crippen LogP contribution < -0.4 is 10.6 Å². The molecule has 2 aromatic rings. The van der Waals surface area contributed by atoms with Gasteiger partial charge in [0.15, 0.2) is 0 Å². The van der Waals surface area contributed by atoms with Crippen LogP contribution in [-0.4, -0.2) is 28.4 Å². The molecule has 1 saturated carbocycles. The predicted octanol–water partition coefficient (Wildman–Crippen LogP) is 1.15. The van der Waals surface area contributed by atoms with Crippen LogP contribution in [0.2, 0.25) is 0 Å². The minimum Gasteiger partial charge on any atom is -0.347 e. The van der Waals surface area contributed by atoms with Crippen molar-refractivity contribution in [3.05, 3.63) is 36.3 Å². The van der Waals surface area contributed by atoms with Crippen molar-refractivity contribution >= 4 is 11.6 Å². The summed E-state index contributed by atoms with van der Waals surface area (Å²) in [7, 11) is 0. The average Bonchev–Trinajstić information content (AvgIpc) is 2.83. The number of piperidine rings is 1.